The van der Waals surface area contributed by atoms with Crippen LogP contribution in [0.25, 0.3) is 5.69 Å². The minimum Gasteiger partial charge on any atom is -0.357 e. The number of hydrogen-bond acceptors (Lipinski definition) is 4. The SMILES string of the molecule is CCNC(=NCc1cccc(-n2cccn2)c1)N1CCN(CC(=O)NC2CC2)CC1. The normalized spacial score (nSPS) is 17.8. The molecule has 0 atom stereocenters. The fourth-order valence-electron chi connectivity index (χ4n) is 3.63. The zero-order valence-corrected chi connectivity index (χ0v) is 17.6. The maximum Gasteiger partial charge on any atom is 0.234 e. The van der Waals surface area contributed by atoms with E-state index in [1.807, 2.05) is 29.1 Å². The number of rotatable bonds is 7. The van der Waals surface area contributed by atoms with E-state index in [-0.39, 0.29) is 5.91 Å². The molecule has 2 aliphatic rings. The van der Waals surface area contributed by atoms with Crippen LogP contribution >= 0.6 is 0 Å². The second-order valence-electron chi connectivity index (χ2n) is 7.90. The highest BCUT2D eigenvalue weighted by molar-refractivity contribution is 5.80. The molecule has 1 aromatic heterocycles. The summed E-state index contributed by atoms with van der Waals surface area (Å²) in [4.78, 5) is 21.4. The molecule has 1 saturated carbocycles. The van der Waals surface area contributed by atoms with Crippen LogP contribution in [0.4, 0.5) is 0 Å². The number of carbonyl (C=O) groups is 1. The largest absolute Gasteiger partial charge is 0.357 e. The summed E-state index contributed by atoms with van der Waals surface area (Å²) >= 11 is 0. The number of guanidine groups is 1. The monoisotopic (exact) mass is 409 g/mol. The first-order valence-electron chi connectivity index (χ1n) is 10.8. The van der Waals surface area contributed by atoms with E-state index in [1.165, 1.54) is 0 Å². The Morgan fingerprint density at radius 1 is 1.20 bits per heavy atom. The fraction of sp³-hybridized carbons (Fsp3) is 0.500. The smallest absolute Gasteiger partial charge is 0.234 e. The Kier molecular flexibility index (Phi) is 6.63. The van der Waals surface area contributed by atoms with Crippen LogP contribution in [0, 0.1) is 0 Å². The van der Waals surface area contributed by atoms with E-state index < -0.39 is 0 Å². The second kappa shape index (κ2) is 9.75. The first-order valence-corrected chi connectivity index (χ1v) is 10.8. The molecule has 8 heteroatoms. The van der Waals surface area contributed by atoms with Gasteiger partial charge in [0.15, 0.2) is 5.96 Å². The summed E-state index contributed by atoms with van der Waals surface area (Å²) < 4.78 is 1.86. The molecule has 2 heterocycles. The number of amides is 1. The summed E-state index contributed by atoms with van der Waals surface area (Å²) in [6, 6.07) is 10.7. The van der Waals surface area contributed by atoms with Gasteiger partial charge in [-0.2, -0.15) is 5.10 Å². The van der Waals surface area contributed by atoms with Gasteiger partial charge >= 0.3 is 0 Å². The van der Waals surface area contributed by atoms with Gasteiger partial charge in [0.1, 0.15) is 0 Å². The number of aliphatic imine (C=N–C) groups is 1. The molecule has 2 fully saturated rings. The minimum atomic E-state index is 0.156. The molecule has 1 aromatic carbocycles. The molecule has 160 valence electrons. The minimum absolute atomic E-state index is 0.156. The Morgan fingerprint density at radius 2 is 2.03 bits per heavy atom. The summed E-state index contributed by atoms with van der Waals surface area (Å²) in [7, 11) is 0. The van der Waals surface area contributed by atoms with Gasteiger partial charge in [-0.3, -0.25) is 9.69 Å². The second-order valence-corrected chi connectivity index (χ2v) is 7.90. The maximum absolute atomic E-state index is 12.0. The van der Waals surface area contributed by atoms with Crippen LogP contribution in [0.1, 0.15) is 25.3 Å². The molecule has 8 nitrogen and oxygen atoms in total. The van der Waals surface area contributed by atoms with E-state index in [9.17, 15) is 4.79 Å². The molecule has 1 aliphatic heterocycles. The van der Waals surface area contributed by atoms with Gasteiger partial charge in [0, 0.05) is 51.2 Å². The zero-order valence-electron chi connectivity index (χ0n) is 17.6. The van der Waals surface area contributed by atoms with Crippen LogP contribution in [0.5, 0.6) is 0 Å². The molecular formula is C22H31N7O. The fourth-order valence-corrected chi connectivity index (χ4v) is 3.63. The molecule has 4 rings (SSSR count). The quantitative estimate of drug-likeness (QED) is 0.531. The zero-order chi connectivity index (χ0) is 20.8. The van der Waals surface area contributed by atoms with Crippen molar-refractivity contribution in [2.75, 3.05) is 39.3 Å². The summed E-state index contributed by atoms with van der Waals surface area (Å²) in [6.45, 7) is 7.52. The summed E-state index contributed by atoms with van der Waals surface area (Å²) in [5.74, 6) is 1.09. The van der Waals surface area contributed by atoms with E-state index in [1.54, 1.807) is 6.20 Å². The van der Waals surface area contributed by atoms with E-state index in [0.717, 1.165) is 62.8 Å². The number of hydrogen-bond donors (Lipinski definition) is 2. The van der Waals surface area contributed by atoms with Gasteiger partial charge in [-0.25, -0.2) is 9.67 Å². The molecule has 0 unspecified atom stereocenters. The highest BCUT2D eigenvalue weighted by Crippen LogP contribution is 2.18. The molecule has 0 radical (unpaired) electrons. The lowest BCUT2D eigenvalue weighted by atomic mass is 10.2. The lowest BCUT2D eigenvalue weighted by Gasteiger charge is -2.36. The van der Waals surface area contributed by atoms with E-state index in [0.29, 0.717) is 19.1 Å². The number of nitrogens with zero attached hydrogens (tertiary/aromatic N) is 5. The molecule has 30 heavy (non-hydrogen) atoms. The van der Waals surface area contributed by atoms with Gasteiger partial charge < -0.3 is 15.5 Å². The molecule has 1 amide bonds. The standard InChI is InChI=1S/C22H31N7O/c1-2-23-22(24-16-18-5-3-6-20(15-18)29-10-4-9-25-29)28-13-11-27(12-14-28)17-21(30)26-19-7-8-19/h3-6,9-10,15,19H,2,7-8,11-14,16-17H2,1H3,(H,23,24)(H,26,30). The van der Waals surface area contributed by atoms with Crippen molar-refractivity contribution in [1.82, 2.24) is 30.2 Å². The Labute approximate surface area is 178 Å². The van der Waals surface area contributed by atoms with Crippen molar-refractivity contribution in [3.05, 3.63) is 48.3 Å². The molecular weight excluding hydrogens is 378 g/mol. The number of aromatic nitrogens is 2. The van der Waals surface area contributed by atoms with Crippen molar-refractivity contribution in [3.63, 3.8) is 0 Å². The van der Waals surface area contributed by atoms with Crippen LogP contribution < -0.4 is 10.6 Å². The molecule has 2 aromatic rings. The average molecular weight is 410 g/mol. The van der Waals surface area contributed by atoms with Gasteiger partial charge in [0.25, 0.3) is 0 Å². The van der Waals surface area contributed by atoms with Gasteiger partial charge in [0.05, 0.1) is 18.8 Å². The molecule has 2 N–H and O–H groups in total. The Bertz CT molecular complexity index is 852. The third kappa shape index (κ3) is 5.60. The lowest BCUT2D eigenvalue weighted by Crippen LogP contribution is -2.54. The summed E-state index contributed by atoms with van der Waals surface area (Å²) in [5.41, 5.74) is 2.18. The predicted molar refractivity (Wildman–Crippen MR) is 118 cm³/mol. The van der Waals surface area contributed by atoms with Crippen molar-refractivity contribution < 1.29 is 4.79 Å². The van der Waals surface area contributed by atoms with Crippen molar-refractivity contribution >= 4 is 11.9 Å². The van der Waals surface area contributed by atoms with Crippen molar-refractivity contribution in [2.45, 2.75) is 32.4 Å². The maximum atomic E-state index is 12.0. The van der Waals surface area contributed by atoms with Crippen LogP contribution in [0.2, 0.25) is 0 Å². The molecule has 1 aliphatic carbocycles. The Balaban J connectivity index is 1.33. The topological polar surface area (TPSA) is 77.8 Å². The number of piperazine rings is 1. The van der Waals surface area contributed by atoms with Crippen LogP contribution in [-0.2, 0) is 11.3 Å². The van der Waals surface area contributed by atoms with Gasteiger partial charge in [-0.15, -0.1) is 0 Å². The van der Waals surface area contributed by atoms with Gasteiger partial charge in [-0.05, 0) is 43.5 Å². The Hall–Kier alpha value is -2.87. The first-order chi connectivity index (χ1) is 14.7. The first kappa shape index (κ1) is 20.4. The average Bonchev–Trinajstić information content (AvgIpc) is 3.39. The van der Waals surface area contributed by atoms with Crippen molar-refractivity contribution in [1.29, 1.82) is 0 Å². The van der Waals surface area contributed by atoms with Crippen LogP contribution in [0.3, 0.4) is 0 Å². The van der Waals surface area contributed by atoms with Crippen molar-refractivity contribution in [2.24, 2.45) is 4.99 Å². The highest BCUT2D eigenvalue weighted by Gasteiger charge is 2.25. The van der Waals surface area contributed by atoms with E-state index in [4.69, 9.17) is 4.99 Å². The van der Waals surface area contributed by atoms with Gasteiger partial charge in [-0.1, -0.05) is 12.1 Å². The lowest BCUT2D eigenvalue weighted by molar-refractivity contribution is -0.122. The summed E-state index contributed by atoms with van der Waals surface area (Å²) in [6.07, 6.45) is 5.99. The number of benzene rings is 1. The summed E-state index contributed by atoms with van der Waals surface area (Å²) in [5, 5.41) is 10.8. The van der Waals surface area contributed by atoms with Crippen molar-refractivity contribution in [3.8, 4) is 5.69 Å². The van der Waals surface area contributed by atoms with Crippen LogP contribution in [0.15, 0.2) is 47.7 Å². The van der Waals surface area contributed by atoms with E-state index in [2.05, 4.69) is 44.6 Å². The third-order valence-electron chi connectivity index (χ3n) is 5.41. The van der Waals surface area contributed by atoms with E-state index >= 15 is 0 Å². The highest BCUT2D eigenvalue weighted by atomic mass is 16.2. The number of carbonyl (C=O) groups excluding carboxylic acids is 1. The molecule has 0 bridgehead atoms. The Morgan fingerprint density at radius 3 is 2.73 bits per heavy atom. The number of nitrogens with one attached hydrogen (secondary N) is 2. The predicted octanol–water partition coefficient (Wildman–Crippen LogP) is 1.23. The van der Waals surface area contributed by atoms with Crippen LogP contribution in [-0.4, -0.2) is 76.8 Å². The molecule has 0 spiro atoms. The third-order valence-corrected chi connectivity index (χ3v) is 5.41. The van der Waals surface area contributed by atoms with Gasteiger partial charge in [0.2, 0.25) is 5.91 Å². The molecule has 1 saturated heterocycles.